The predicted molar refractivity (Wildman–Crippen MR) is 79.8 cm³/mol. The third-order valence-electron chi connectivity index (χ3n) is 3.12. The average molecular weight is 279 g/mol. The van der Waals surface area contributed by atoms with E-state index in [0.717, 1.165) is 18.4 Å². The highest BCUT2D eigenvalue weighted by Crippen LogP contribution is 2.14. The van der Waals surface area contributed by atoms with Crippen molar-refractivity contribution in [2.75, 3.05) is 6.61 Å². The van der Waals surface area contributed by atoms with Crippen molar-refractivity contribution in [2.24, 2.45) is 0 Å². The van der Waals surface area contributed by atoms with Gasteiger partial charge in [0.15, 0.2) is 6.10 Å². The van der Waals surface area contributed by atoms with Crippen LogP contribution >= 0.6 is 0 Å². The molecule has 0 aromatic heterocycles. The largest absolute Gasteiger partial charge is 0.481 e. The third-order valence-corrected chi connectivity index (χ3v) is 3.12. The number of aliphatic hydroxyl groups is 1. The van der Waals surface area contributed by atoms with Crippen LogP contribution in [0.15, 0.2) is 24.3 Å². The molecule has 1 aromatic carbocycles. The van der Waals surface area contributed by atoms with Crippen molar-refractivity contribution in [3.8, 4) is 5.75 Å². The van der Waals surface area contributed by atoms with E-state index in [1.165, 1.54) is 0 Å². The van der Waals surface area contributed by atoms with Crippen LogP contribution in [0.5, 0.6) is 5.75 Å². The van der Waals surface area contributed by atoms with Gasteiger partial charge in [0.25, 0.3) is 5.91 Å². The fraction of sp³-hybridized carbons (Fsp3) is 0.562. The van der Waals surface area contributed by atoms with E-state index in [2.05, 4.69) is 12.2 Å². The summed E-state index contributed by atoms with van der Waals surface area (Å²) in [7, 11) is 0. The highest BCUT2D eigenvalue weighted by atomic mass is 16.5. The summed E-state index contributed by atoms with van der Waals surface area (Å²) in [5, 5.41) is 11.8. The van der Waals surface area contributed by atoms with Crippen LogP contribution in [0.25, 0.3) is 0 Å². The third kappa shape index (κ3) is 5.61. The van der Waals surface area contributed by atoms with Crippen LogP contribution in [-0.4, -0.2) is 29.8 Å². The van der Waals surface area contributed by atoms with Gasteiger partial charge in [0.05, 0.1) is 0 Å². The van der Waals surface area contributed by atoms with Gasteiger partial charge in [0.1, 0.15) is 5.75 Å². The summed E-state index contributed by atoms with van der Waals surface area (Å²) in [4.78, 5) is 11.9. The zero-order valence-corrected chi connectivity index (χ0v) is 12.6. The molecule has 112 valence electrons. The molecule has 0 aliphatic carbocycles. The van der Waals surface area contributed by atoms with E-state index in [0.29, 0.717) is 12.2 Å². The average Bonchev–Trinajstić information content (AvgIpc) is 2.41. The smallest absolute Gasteiger partial charge is 0.260 e. The van der Waals surface area contributed by atoms with Gasteiger partial charge in [0, 0.05) is 12.6 Å². The Labute approximate surface area is 121 Å². The molecule has 0 spiro atoms. The first-order chi connectivity index (χ1) is 9.56. The normalized spacial score (nSPS) is 13.6. The van der Waals surface area contributed by atoms with Crippen molar-refractivity contribution in [3.63, 3.8) is 0 Å². The maximum absolute atomic E-state index is 11.9. The molecule has 0 heterocycles. The number of nitrogens with one attached hydrogen (secondary N) is 1. The number of benzene rings is 1. The van der Waals surface area contributed by atoms with Gasteiger partial charge in [0.2, 0.25) is 0 Å². The highest BCUT2D eigenvalue weighted by molar-refractivity contribution is 5.80. The van der Waals surface area contributed by atoms with Crippen LogP contribution in [0.1, 0.15) is 39.2 Å². The van der Waals surface area contributed by atoms with Crippen LogP contribution in [-0.2, 0) is 11.2 Å². The van der Waals surface area contributed by atoms with Crippen LogP contribution in [0.3, 0.4) is 0 Å². The molecule has 0 aliphatic heterocycles. The number of hydrogen-bond donors (Lipinski definition) is 2. The van der Waals surface area contributed by atoms with Gasteiger partial charge in [-0.2, -0.15) is 0 Å². The second-order valence-electron chi connectivity index (χ2n) is 5.08. The maximum Gasteiger partial charge on any atom is 0.260 e. The molecule has 4 nitrogen and oxygen atoms in total. The minimum absolute atomic E-state index is 0.0922. The second-order valence-corrected chi connectivity index (χ2v) is 5.08. The van der Waals surface area contributed by atoms with Gasteiger partial charge in [-0.25, -0.2) is 0 Å². The fourth-order valence-corrected chi connectivity index (χ4v) is 1.99. The summed E-state index contributed by atoms with van der Waals surface area (Å²) in [5.74, 6) is 0.572. The minimum Gasteiger partial charge on any atom is -0.481 e. The Hall–Kier alpha value is -1.55. The summed E-state index contributed by atoms with van der Waals surface area (Å²) in [6, 6.07) is 7.62. The summed E-state index contributed by atoms with van der Waals surface area (Å²) in [5.41, 5.74) is 1.05. The van der Waals surface area contributed by atoms with E-state index < -0.39 is 6.10 Å². The molecular weight excluding hydrogens is 254 g/mol. The molecule has 2 N–H and O–H groups in total. The molecule has 1 amide bonds. The molecule has 0 bridgehead atoms. The second kappa shape index (κ2) is 8.59. The lowest BCUT2D eigenvalue weighted by molar-refractivity contribution is -0.127. The number of carbonyl (C=O) groups is 1. The molecular formula is C16H25NO3. The fourth-order valence-electron chi connectivity index (χ4n) is 1.99. The van der Waals surface area contributed by atoms with Crippen molar-refractivity contribution in [3.05, 3.63) is 29.8 Å². The zero-order valence-electron chi connectivity index (χ0n) is 12.6. The topological polar surface area (TPSA) is 58.6 Å². The minimum atomic E-state index is -0.516. The van der Waals surface area contributed by atoms with Crippen molar-refractivity contribution < 1.29 is 14.6 Å². The van der Waals surface area contributed by atoms with Crippen molar-refractivity contribution in [1.29, 1.82) is 0 Å². The van der Waals surface area contributed by atoms with Crippen molar-refractivity contribution in [2.45, 2.75) is 52.2 Å². The molecule has 1 rings (SSSR count). The lowest BCUT2D eigenvalue weighted by Crippen LogP contribution is -2.41. The van der Waals surface area contributed by atoms with Crippen LogP contribution in [0.4, 0.5) is 0 Å². The van der Waals surface area contributed by atoms with Crippen LogP contribution < -0.4 is 10.1 Å². The molecule has 0 aliphatic rings. The summed E-state index contributed by atoms with van der Waals surface area (Å²) in [6.45, 7) is 5.97. The molecule has 0 radical (unpaired) electrons. The number of ether oxygens (including phenoxy) is 1. The van der Waals surface area contributed by atoms with Gasteiger partial charge in [-0.1, -0.05) is 25.5 Å². The number of hydrogen-bond acceptors (Lipinski definition) is 3. The Bertz CT molecular complexity index is 403. The Morgan fingerprint density at radius 2 is 1.95 bits per heavy atom. The summed E-state index contributed by atoms with van der Waals surface area (Å²) >= 11 is 0. The number of amides is 1. The van der Waals surface area contributed by atoms with E-state index in [1.54, 1.807) is 6.92 Å². The lowest BCUT2D eigenvalue weighted by Gasteiger charge is -2.18. The van der Waals surface area contributed by atoms with E-state index >= 15 is 0 Å². The molecule has 0 fully saturated rings. The number of aliphatic hydroxyl groups excluding tert-OH is 1. The van der Waals surface area contributed by atoms with E-state index in [4.69, 9.17) is 9.84 Å². The Kier molecular flexibility index (Phi) is 7.09. The summed E-state index contributed by atoms with van der Waals surface area (Å²) in [6.07, 6.45) is 2.13. The lowest BCUT2D eigenvalue weighted by atomic mass is 10.1. The van der Waals surface area contributed by atoms with Gasteiger partial charge in [-0.05, 0) is 44.4 Å². The summed E-state index contributed by atoms with van der Waals surface area (Å²) < 4.78 is 5.61. The van der Waals surface area contributed by atoms with Gasteiger partial charge in [-0.3, -0.25) is 4.79 Å². The van der Waals surface area contributed by atoms with E-state index in [1.807, 2.05) is 31.2 Å². The molecule has 0 saturated heterocycles. The SMILES string of the molecule is CCCC(C)NC(=O)C(C)Oc1ccc(CCO)cc1. The number of carbonyl (C=O) groups excluding carboxylic acids is 1. The first-order valence-corrected chi connectivity index (χ1v) is 7.23. The monoisotopic (exact) mass is 279 g/mol. The quantitative estimate of drug-likeness (QED) is 0.767. The molecule has 0 saturated carbocycles. The Morgan fingerprint density at radius 1 is 1.30 bits per heavy atom. The van der Waals surface area contributed by atoms with E-state index in [9.17, 15) is 4.79 Å². The molecule has 4 heteroatoms. The predicted octanol–water partition coefficient (Wildman–Crippen LogP) is 2.29. The standard InChI is InChI=1S/C16H25NO3/c1-4-5-12(2)17-16(19)13(3)20-15-8-6-14(7-9-15)10-11-18/h6-9,12-13,18H,4-5,10-11H2,1-3H3,(H,17,19). The molecule has 2 atom stereocenters. The maximum atomic E-state index is 11.9. The Morgan fingerprint density at radius 3 is 2.50 bits per heavy atom. The first kappa shape index (κ1) is 16.5. The number of rotatable bonds is 8. The van der Waals surface area contributed by atoms with Gasteiger partial charge >= 0.3 is 0 Å². The molecule has 2 unspecified atom stereocenters. The van der Waals surface area contributed by atoms with Gasteiger partial charge in [-0.15, -0.1) is 0 Å². The molecule has 20 heavy (non-hydrogen) atoms. The van der Waals surface area contributed by atoms with E-state index in [-0.39, 0.29) is 18.6 Å². The Balaban J connectivity index is 2.48. The molecule has 1 aromatic rings. The first-order valence-electron chi connectivity index (χ1n) is 7.23. The highest BCUT2D eigenvalue weighted by Gasteiger charge is 2.16. The van der Waals surface area contributed by atoms with Crippen molar-refractivity contribution >= 4 is 5.91 Å². The van der Waals surface area contributed by atoms with Crippen LogP contribution in [0.2, 0.25) is 0 Å². The van der Waals surface area contributed by atoms with Crippen molar-refractivity contribution in [1.82, 2.24) is 5.32 Å². The van der Waals surface area contributed by atoms with Crippen LogP contribution in [0, 0.1) is 0 Å². The van der Waals surface area contributed by atoms with Gasteiger partial charge < -0.3 is 15.2 Å². The zero-order chi connectivity index (χ0) is 15.0.